The van der Waals surface area contributed by atoms with Crippen molar-refractivity contribution in [1.29, 1.82) is 0 Å². The maximum Gasteiger partial charge on any atom is 0.307 e. The summed E-state index contributed by atoms with van der Waals surface area (Å²) in [5.41, 5.74) is 0. The number of hydrogen-bond donors (Lipinski definition) is 0. The first-order chi connectivity index (χ1) is 6.22. The number of likely N-dealkylation sites (N-methyl/N-ethyl adjacent to an activating group) is 1. The van der Waals surface area contributed by atoms with E-state index in [1.807, 2.05) is 0 Å². The van der Waals surface area contributed by atoms with E-state index in [4.69, 9.17) is 0 Å². The van der Waals surface area contributed by atoms with Crippen LogP contribution < -0.4 is 5.32 Å². The summed E-state index contributed by atoms with van der Waals surface area (Å²) in [7, 11) is 3.50. The molecule has 4 heteroatoms. The lowest BCUT2D eigenvalue weighted by Crippen LogP contribution is -2.26. The van der Waals surface area contributed by atoms with Crippen molar-refractivity contribution in [2.75, 3.05) is 33.8 Å². The Balaban J connectivity index is 2.29. The molecule has 0 N–H and O–H groups in total. The van der Waals surface area contributed by atoms with Crippen LogP contribution >= 0.6 is 0 Å². The summed E-state index contributed by atoms with van der Waals surface area (Å²) >= 11 is 0. The predicted molar refractivity (Wildman–Crippen MR) is 49.5 cm³/mol. The minimum atomic E-state index is -0.154. The minimum Gasteiger partial charge on any atom is -0.469 e. The van der Waals surface area contributed by atoms with Crippen LogP contribution in [0.4, 0.5) is 0 Å². The number of ether oxygens (including phenoxy) is 1. The Morgan fingerprint density at radius 1 is 1.62 bits per heavy atom. The van der Waals surface area contributed by atoms with Crippen LogP contribution in [-0.2, 0) is 9.53 Å². The minimum absolute atomic E-state index is 0.154. The van der Waals surface area contributed by atoms with Gasteiger partial charge < -0.3 is 9.64 Å². The zero-order valence-electron chi connectivity index (χ0n) is 8.32. The average molecular weight is 185 g/mol. The molecule has 0 aromatic rings. The van der Waals surface area contributed by atoms with Crippen LogP contribution in [0.1, 0.15) is 12.8 Å². The summed E-state index contributed by atoms with van der Waals surface area (Å²) < 4.78 is 4.61. The Morgan fingerprint density at radius 2 is 2.38 bits per heavy atom. The summed E-state index contributed by atoms with van der Waals surface area (Å²) in [6.07, 6.45) is 1.40. The van der Waals surface area contributed by atoms with Crippen LogP contribution in [0, 0.1) is 0 Å². The maximum absolute atomic E-state index is 11.0. The second-order valence-electron chi connectivity index (χ2n) is 3.43. The van der Waals surface area contributed by atoms with Crippen LogP contribution in [0.25, 0.3) is 0 Å². The van der Waals surface area contributed by atoms with E-state index < -0.39 is 0 Å². The first-order valence-corrected chi connectivity index (χ1v) is 4.64. The summed E-state index contributed by atoms with van der Waals surface area (Å²) in [6.45, 7) is 2.85. The number of nitrogens with zero attached hydrogens (tertiary/aromatic N) is 2. The monoisotopic (exact) mass is 185 g/mol. The zero-order chi connectivity index (χ0) is 9.68. The number of rotatable bonds is 2. The van der Waals surface area contributed by atoms with Crippen LogP contribution in [-0.4, -0.2) is 50.7 Å². The maximum atomic E-state index is 11.0. The first-order valence-electron chi connectivity index (χ1n) is 4.64. The van der Waals surface area contributed by atoms with Gasteiger partial charge in [-0.05, 0) is 20.0 Å². The van der Waals surface area contributed by atoms with E-state index >= 15 is 0 Å². The van der Waals surface area contributed by atoms with Gasteiger partial charge in [-0.15, -0.1) is 0 Å². The molecule has 75 valence electrons. The molecule has 0 amide bonds. The van der Waals surface area contributed by atoms with Crippen LogP contribution in [0.15, 0.2) is 0 Å². The summed E-state index contributed by atoms with van der Waals surface area (Å²) in [4.78, 5) is 13.2. The fourth-order valence-corrected chi connectivity index (χ4v) is 1.43. The van der Waals surface area contributed by atoms with Gasteiger partial charge in [0.15, 0.2) is 0 Å². The second-order valence-corrected chi connectivity index (χ2v) is 3.43. The third kappa shape index (κ3) is 3.74. The fraction of sp³-hybridized carbons (Fsp3) is 0.889. The number of esters is 1. The molecule has 0 saturated carbocycles. The van der Waals surface area contributed by atoms with Gasteiger partial charge in [0.05, 0.1) is 13.5 Å². The number of methoxy groups -OCH3 is 1. The molecular weight excluding hydrogens is 168 g/mol. The van der Waals surface area contributed by atoms with Crippen molar-refractivity contribution in [2.24, 2.45) is 0 Å². The molecule has 1 rings (SSSR count). The molecule has 0 aromatic heterocycles. The molecule has 0 aromatic carbocycles. The van der Waals surface area contributed by atoms with Crippen molar-refractivity contribution >= 4 is 5.97 Å². The van der Waals surface area contributed by atoms with Gasteiger partial charge in [0.2, 0.25) is 0 Å². The van der Waals surface area contributed by atoms with E-state index in [9.17, 15) is 4.79 Å². The summed E-state index contributed by atoms with van der Waals surface area (Å²) in [6, 6.07) is 0.164. The van der Waals surface area contributed by atoms with Crippen LogP contribution in [0.3, 0.4) is 0 Å². The number of carbonyl (C=O) groups is 1. The van der Waals surface area contributed by atoms with Gasteiger partial charge in [0.25, 0.3) is 0 Å². The summed E-state index contributed by atoms with van der Waals surface area (Å²) in [5.74, 6) is -0.154. The molecule has 1 unspecified atom stereocenters. The first kappa shape index (κ1) is 10.5. The van der Waals surface area contributed by atoms with E-state index in [0.29, 0.717) is 6.42 Å². The molecule has 1 aliphatic heterocycles. The highest BCUT2D eigenvalue weighted by Gasteiger charge is 2.18. The fourth-order valence-electron chi connectivity index (χ4n) is 1.43. The van der Waals surface area contributed by atoms with Crippen molar-refractivity contribution in [1.82, 2.24) is 10.2 Å². The number of hydrogen-bond acceptors (Lipinski definition) is 3. The van der Waals surface area contributed by atoms with Gasteiger partial charge in [-0.1, -0.05) is 0 Å². The van der Waals surface area contributed by atoms with E-state index in [2.05, 4.69) is 22.0 Å². The molecular formula is C9H17N2O2. The van der Waals surface area contributed by atoms with Gasteiger partial charge >= 0.3 is 5.97 Å². The number of carbonyl (C=O) groups excluding carboxylic acids is 1. The largest absolute Gasteiger partial charge is 0.469 e. The van der Waals surface area contributed by atoms with Gasteiger partial charge in [-0.3, -0.25) is 4.79 Å². The van der Waals surface area contributed by atoms with Gasteiger partial charge in [-0.25, -0.2) is 5.32 Å². The molecule has 4 nitrogen and oxygen atoms in total. The van der Waals surface area contributed by atoms with Gasteiger partial charge in [0, 0.05) is 19.1 Å². The highest BCUT2D eigenvalue weighted by Crippen LogP contribution is 2.05. The Hall–Kier alpha value is -0.610. The van der Waals surface area contributed by atoms with E-state index in [1.165, 1.54) is 7.11 Å². The normalized spacial score (nSPS) is 25.2. The molecule has 1 radical (unpaired) electrons. The molecule has 0 bridgehead atoms. The molecule has 1 heterocycles. The third-order valence-electron chi connectivity index (χ3n) is 2.34. The molecule has 13 heavy (non-hydrogen) atoms. The van der Waals surface area contributed by atoms with Crippen molar-refractivity contribution in [3.63, 3.8) is 0 Å². The highest BCUT2D eigenvalue weighted by molar-refractivity contribution is 5.69. The Bertz CT molecular complexity index is 173. The van der Waals surface area contributed by atoms with Crippen molar-refractivity contribution in [3.05, 3.63) is 0 Å². The topological polar surface area (TPSA) is 43.6 Å². The van der Waals surface area contributed by atoms with Crippen LogP contribution in [0.2, 0.25) is 0 Å². The van der Waals surface area contributed by atoms with E-state index in [-0.39, 0.29) is 12.0 Å². The van der Waals surface area contributed by atoms with E-state index in [0.717, 1.165) is 26.1 Å². The molecule has 1 atom stereocenters. The Morgan fingerprint density at radius 3 is 3.08 bits per heavy atom. The molecule has 1 saturated heterocycles. The zero-order valence-corrected chi connectivity index (χ0v) is 8.32. The molecule has 1 fully saturated rings. The average Bonchev–Trinajstić information content (AvgIpc) is 2.31. The van der Waals surface area contributed by atoms with Crippen molar-refractivity contribution in [3.8, 4) is 0 Å². The van der Waals surface area contributed by atoms with Crippen molar-refractivity contribution in [2.45, 2.75) is 18.9 Å². The second kappa shape index (κ2) is 5.19. The lowest BCUT2D eigenvalue weighted by atomic mass is 10.1. The smallest absolute Gasteiger partial charge is 0.307 e. The predicted octanol–water partition coefficient (Wildman–Crippen LogP) is -0.142. The molecule has 1 aliphatic rings. The summed E-state index contributed by atoms with van der Waals surface area (Å²) in [5, 5.41) is 4.42. The molecule has 0 spiro atoms. The van der Waals surface area contributed by atoms with Gasteiger partial charge in [0.1, 0.15) is 0 Å². The standard InChI is InChI=1S/C9H17N2O2/c1-11-5-3-8(10-4-6-11)7-9(12)13-2/h8H,3-7H2,1-2H3. The molecule has 0 aliphatic carbocycles. The van der Waals surface area contributed by atoms with Gasteiger partial charge in [-0.2, -0.15) is 0 Å². The SMILES string of the molecule is COC(=O)CC1CCN(C)CC[N]1. The van der Waals surface area contributed by atoms with E-state index in [1.54, 1.807) is 0 Å². The lowest BCUT2D eigenvalue weighted by Gasteiger charge is -2.12. The highest BCUT2D eigenvalue weighted by atomic mass is 16.5. The Labute approximate surface area is 79.2 Å². The quantitative estimate of drug-likeness (QED) is 0.562. The Kier molecular flexibility index (Phi) is 4.18. The van der Waals surface area contributed by atoms with Crippen molar-refractivity contribution < 1.29 is 9.53 Å². The third-order valence-corrected chi connectivity index (χ3v) is 2.34. The van der Waals surface area contributed by atoms with Crippen LogP contribution in [0.5, 0.6) is 0 Å². The lowest BCUT2D eigenvalue weighted by molar-refractivity contribution is -0.141.